The van der Waals surface area contributed by atoms with Gasteiger partial charge in [0.05, 0.1) is 69.0 Å². The fourth-order valence-electron chi connectivity index (χ4n) is 6.43. The Morgan fingerprint density at radius 1 is 0.472 bits per heavy atom. The molecule has 380 valence electrons. The fraction of sp³-hybridized carbons (Fsp3) is 0.308. The van der Waals surface area contributed by atoms with Crippen LogP contribution in [0, 0.1) is 6.92 Å². The van der Waals surface area contributed by atoms with E-state index in [-0.39, 0.29) is 68.0 Å². The monoisotopic (exact) mass is 996 g/mol. The molecular weight excluding hydrogens is 945 g/mol. The van der Waals surface area contributed by atoms with E-state index < -0.39 is 72.5 Å². The van der Waals surface area contributed by atoms with Gasteiger partial charge < -0.3 is 56.8 Å². The first-order chi connectivity index (χ1) is 34.8. The molecule has 0 radical (unpaired) electrons. The highest BCUT2D eigenvalue weighted by atomic mass is 16.7. The number of carbonyl (C=O) groups is 8. The molecule has 0 aliphatic carbocycles. The van der Waals surface area contributed by atoms with Crippen molar-refractivity contribution >= 4 is 48.1 Å². The lowest BCUT2D eigenvalue weighted by Crippen LogP contribution is -2.36. The van der Waals surface area contributed by atoms with E-state index in [1.807, 2.05) is 19.1 Å². The number of methoxy groups -OCH3 is 1. The molecule has 20 heteroatoms. The SMILES string of the molecule is C=CC(=O)OCCCCOC(=O)Oc1ccc(C(=O)OC)cc1.C=CC(=O)OCCCCOC(=O)Oc1ccc(C(=O)Oc2ccc(C(=O)O[C@@H]3COC4C(OC(=O)c5ccc(C)cc5)COC43)cc2)cc1. The van der Waals surface area contributed by atoms with Crippen molar-refractivity contribution in [3.05, 3.63) is 150 Å². The van der Waals surface area contributed by atoms with Crippen LogP contribution in [0.25, 0.3) is 0 Å². The van der Waals surface area contributed by atoms with Gasteiger partial charge in [-0.1, -0.05) is 30.9 Å². The summed E-state index contributed by atoms with van der Waals surface area (Å²) < 4.78 is 62.2. The summed E-state index contributed by atoms with van der Waals surface area (Å²) >= 11 is 0. The van der Waals surface area contributed by atoms with Crippen molar-refractivity contribution in [2.45, 2.75) is 57.0 Å². The zero-order valence-corrected chi connectivity index (χ0v) is 39.4. The Kier molecular flexibility index (Phi) is 21.5. The molecule has 0 saturated carbocycles. The number of benzene rings is 4. The summed E-state index contributed by atoms with van der Waals surface area (Å²) in [6.45, 7) is 9.32. The molecular formula is C52H52O20. The summed E-state index contributed by atoms with van der Waals surface area (Å²) in [5.41, 5.74) is 2.19. The maximum atomic E-state index is 12.9. The Morgan fingerprint density at radius 3 is 1.18 bits per heavy atom. The van der Waals surface area contributed by atoms with Gasteiger partial charge in [0.25, 0.3) is 0 Å². The van der Waals surface area contributed by atoms with Gasteiger partial charge in [0, 0.05) is 12.2 Å². The van der Waals surface area contributed by atoms with E-state index in [2.05, 4.69) is 17.9 Å². The average molecular weight is 997 g/mol. The third-order valence-electron chi connectivity index (χ3n) is 10.2. The summed E-state index contributed by atoms with van der Waals surface area (Å²) in [4.78, 5) is 94.4. The van der Waals surface area contributed by atoms with Crippen LogP contribution in [-0.2, 0) is 52.2 Å². The number of rotatable bonds is 21. The third-order valence-corrected chi connectivity index (χ3v) is 10.2. The van der Waals surface area contributed by atoms with Gasteiger partial charge in [0.1, 0.15) is 29.5 Å². The summed E-state index contributed by atoms with van der Waals surface area (Å²) in [6, 6.07) is 24.4. The third kappa shape index (κ3) is 17.6. The van der Waals surface area contributed by atoms with E-state index in [1.165, 1.54) is 79.9 Å². The van der Waals surface area contributed by atoms with Gasteiger partial charge in [0.15, 0.2) is 12.2 Å². The van der Waals surface area contributed by atoms with Crippen LogP contribution in [0.15, 0.2) is 122 Å². The number of aryl methyl sites for hydroxylation is 1. The Morgan fingerprint density at radius 2 is 0.806 bits per heavy atom. The Balaban J connectivity index is 0.000000351. The molecule has 2 fully saturated rings. The Labute approximate surface area is 413 Å². The molecule has 4 aromatic rings. The van der Waals surface area contributed by atoms with Crippen LogP contribution >= 0.6 is 0 Å². The molecule has 0 bridgehead atoms. The van der Waals surface area contributed by atoms with Gasteiger partial charge in [-0.2, -0.15) is 0 Å². The maximum absolute atomic E-state index is 12.9. The normalized spacial score (nSPS) is 16.1. The first-order valence-corrected chi connectivity index (χ1v) is 22.4. The molecule has 2 saturated heterocycles. The molecule has 0 spiro atoms. The van der Waals surface area contributed by atoms with Crippen LogP contribution in [0.1, 0.15) is 72.7 Å². The zero-order valence-electron chi connectivity index (χ0n) is 39.4. The number of unbranched alkanes of at least 4 members (excludes halogenated alkanes) is 2. The topological polar surface area (TPSA) is 247 Å². The van der Waals surface area contributed by atoms with E-state index in [9.17, 15) is 38.4 Å². The van der Waals surface area contributed by atoms with Crippen LogP contribution in [0.3, 0.4) is 0 Å². The summed E-state index contributed by atoms with van der Waals surface area (Å²) in [5, 5.41) is 0. The van der Waals surface area contributed by atoms with Crippen molar-refractivity contribution in [1.29, 1.82) is 0 Å². The van der Waals surface area contributed by atoms with Gasteiger partial charge in [-0.3, -0.25) is 0 Å². The first kappa shape index (κ1) is 54.6. The van der Waals surface area contributed by atoms with Crippen molar-refractivity contribution in [3.63, 3.8) is 0 Å². The molecule has 2 aliphatic rings. The van der Waals surface area contributed by atoms with Crippen LogP contribution in [0.4, 0.5) is 9.59 Å². The largest absolute Gasteiger partial charge is 0.513 e. The van der Waals surface area contributed by atoms with Gasteiger partial charge in [0.2, 0.25) is 0 Å². The van der Waals surface area contributed by atoms with Gasteiger partial charge in [-0.15, -0.1) is 0 Å². The molecule has 6 rings (SSSR count). The smallest absolute Gasteiger partial charge is 0.465 e. The van der Waals surface area contributed by atoms with Crippen molar-refractivity contribution in [1.82, 2.24) is 0 Å². The molecule has 2 heterocycles. The standard InChI is InChI=1S/C36H34O13.C16H18O7/c1-3-30(37)42-18-4-5-19-43-36(41)47-27-16-12-24(13-17-27)33(38)46-26-14-10-25(11-15-26)35(40)49-29-21-45-31-28(20-44-32(29)31)48-34(39)23-8-6-22(2)7-9-23;1-3-14(17)21-10-4-5-11-22-16(19)23-13-8-6-12(7-9-13)15(18)20-2/h3,6-17,28-29,31-32H,1,4-5,18-21H2,2H3;3,6-9H,1,4-5,10-11H2,2H3/t28?,29-,31?,32?;/m1./s1. The van der Waals surface area contributed by atoms with E-state index >= 15 is 0 Å². The fourth-order valence-corrected chi connectivity index (χ4v) is 6.43. The summed E-state index contributed by atoms with van der Waals surface area (Å²) in [7, 11) is 1.28. The van der Waals surface area contributed by atoms with Crippen LogP contribution < -0.4 is 14.2 Å². The van der Waals surface area contributed by atoms with E-state index in [0.717, 1.165) is 17.7 Å². The molecule has 2 aliphatic heterocycles. The predicted molar refractivity (Wildman–Crippen MR) is 249 cm³/mol. The highest BCUT2D eigenvalue weighted by molar-refractivity contribution is 5.92. The second-order valence-electron chi connectivity index (χ2n) is 15.4. The number of ether oxygens (including phenoxy) is 12. The van der Waals surface area contributed by atoms with Crippen LogP contribution in [0.2, 0.25) is 0 Å². The molecule has 20 nitrogen and oxygen atoms in total. The molecule has 72 heavy (non-hydrogen) atoms. The van der Waals surface area contributed by atoms with E-state index in [1.54, 1.807) is 12.1 Å². The van der Waals surface area contributed by atoms with Crippen LogP contribution in [-0.4, -0.2) is 119 Å². The maximum Gasteiger partial charge on any atom is 0.513 e. The molecule has 4 aromatic carbocycles. The van der Waals surface area contributed by atoms with Gasteiger partial charge in [-0.25, -0.2) is 38.4 Å². The van der Waals surface area contributed by atoms with Gasteiger partial charge >= 0.3 is 48.1 Å². The number of carbonyl (C=O) groups excluding carboxylic acids is 8. The van der Waals surface area contributed by atoms with Crippen LogP contribution in [0.5, 0.6) is 17.2 Å². The van der Waals surface area contributed by atoms with Crippen molar-refractivity contribution in [3.8, 4) is 17.2 Å². The number of fused-ring (bicyclic) bond motifs is 1. The van der Waals surface area contributed by atoms with E-state index in [0.29, 0.717) is 36.8 Å². The molecule has 0 amide bonds. The molecule has 4 atom stereocenters. The lowest BCUT2D eigenvalue weighted by molar-refractivity contribution is -0.138. The lowest BCUT2D eigenvalue weighted by Gasteiger charge is -2.17. The quantitative estimate of drug-likeness (QED) is 0.0198. The highest BCUT2D eigenvalue weighted by Crippen LogP contribution is 2.32. The Bertz CT molecular complexity index is 2500. The van der Waals surface area contributed by atoms with E-state index in [4.69, 9.17) is 52.1 Å². The molecule has 3 unspecified atom stereocenters. The Hall–Kier alpha value is -8.36. The molecule has 0 N–H and O–H groups in total. The minimum Gasteiger partial charge on any atom is -0.465 e. The average Bonchev–Trinajstić information content (AvgIpc) is 3.98. The minimum atomic E-state index is -0.920. The number of hydrogen-bond acceptors (Lipinski definition) is 20. The minimum absolute atomic E-state index is 0.0736. The number of esters is 6. The summed E-state index contributed by atoms with van der Waals surface area (Å²) in [6.07, 6.45) is -0.0637. The second-order valence-corrected chi connectivity index (χ2v) is 15.4. The van der Waals surface area contributed by atoms with Crippen molar-refractivity contribution < 1.29 is 95.2 Å². The van der Waals surface area contributed by atoms with Gasteiger partial charge in [-0.05, 0) is 118 Å². The summed E-state index contributed by atoms with van der Waals surface area (Å²) in [5.74, 6) is -2.67. The second kappa shape index (κ2) is 28.3. The van der Waals surface area contributed by atoms with Crippen molar-refractivity contribution in [2.75, 3.05) is 46.8 Å². The van der Waals surface area contributed by atoms with Crippen molar-refractivity contribution in [2.24, 2.45) is 0 Å². The molecule has 0 aromatic heterocycles. The predicted octanol–water partition coefficient (Wildman–Crippen LogP) is 7.29. The lowest BCUT2D eigenvalue weighted by atomic mass is 10.1. The number of hydrogen-bond donors (Lipinski definition) is 0. The zero-order chi connectivity index (χ0) is 51.8. The first-order valence-electron chi connectivity index (χ1n) is 22.4. The highest BCUT2D eigenvalue weighted by Gasteiger charge is 2.51.